The first-order chi connectivity index (χ1) is 11.7. The van der Waals surface area contributed by atoms with E-state index in [4.69, 9.17) is 36.9 Å². The molecule has 2 aromatic heterocycles. The molecule has 0 saturated carbocycles. The highest BCUT2D eigenvalue weighted by molar-refractivity contribution is 7.79. The molecule has 0 aromatic carbocycles. The van der Waals surface area contributed by atoms with Gasteiger partial charge in [-0.05, 0) is 0 Å². The fourth-order valence-corrected chi connectivity index (χ4v) is 3.09. The number of imidazole rings is 1. The molecule has 1 unspecified atom stereocenters. The lowest BCUT2D eigenvalue weighted by Crippen LogP contribution is -2.31. The summed E-state index contributed by atoms with van der Waals surface area (Å²) in [6, 6.07) is 0. The number of anilines is 1. The fraction of sp³-hybridized carbons (Fsp3) is 0.538. The number of nitrogens with zero attached hydrogens (tertiary/aromatic N) is 4. The van der Waals surface area contributed by atoms with E-state index in [1.54, 1.807) is 4.57 Å². The van der Waals surface area contributed by atoms with Crippen LogP contribution in [0.5, 0.6) is 0 Å². The van der Waals surface area contributed by atoms with Crippen molar-refractivity contribution < 1.29 is 24.1 Å². The van der Waals surface area contributed by atoms with Crippen LogP contribution in [-0.2, 0) is 18.9 Å². The summed E-state index contributed by atoms with van der Waals surface area (Å²) in [7, 11) is 1.47. The van der Waals surface area contributed by atoms with Crippen molar-refractivity contribution in [1.82, 2.24) is 19.5 Å². The Balaban J connectivity index is 1.77. The summed E-state index contributed by atoms with van der Waals surface area (Å²) in [6.07, 6.45) is -0.581. The van der Waals surface area contributed by atoms with Crippen molar-refractivity contribution in [3.8, 4) is 0 Å². The molecule has 2 fully saturated rings. The summed E-state index contributed by atoms with van der Waals surface area (Å²) in [5.41, 5.74) is 6.80. The second-order valence-corrected chi connectivity index (χ2v) is 5.62. The third kappa shape index (κ3) is 2.29. The van der Waals surface area contributed by atoms with Crippen LogP contribution in [0.25, 0.3) is 11.2 Å². The Kier molecular flexibility index (Phi) is 3.90. The molecular formula is C13H15N5O5S. The molecule has 0 bridgehead atoms. The normalized spacial score (nSPS) is 32.3. The number of fused-ring (bicyclic) bond motifs is 2. The van der Waals surface area contributed by atoms with Crippen LogP contribution < -0.4 is 5.73 Å². The Morgan fingerprint density at radius 1 is 1.38 bits per heavy atom. The fourth-order valence-electron chi connectivity index (χ4n) is 2.98. The molecule has 128 valence electrons. The first-order valence-electron chi connectivity index (χ1n) is 7.21. The molecule has 2 aliphatic heterocycles. The van der Waals surface area contributed by atoms with E-state index in [2.05, 4.69) is 15.0 Å². The van der Waals surface area contributed by atoms with Gasteiger partial charge in [-0.1, -0.05) is 12.2 Å². The average molecular weight is 353 g/mol. The van der Waals surface area contributed by atoms with Gasteiger partial charge in [-0.3, -0.25) is 4.57 Å². The van der Waals surface area contributed by atoms with Crippen LogP contribution in [0, 0.1) is 0 Å². The van der Waals surface area contributed by atoms with Crippen LogP contribution in [0.15, 0.2) is 6.33 Å². The highest BCUT2D eigenvalue weighted by Crippen LogP contribution is 2.40. The van der Waals surface area contributed by atoms with E-state index in [1.165, 1.54) is 18.8 Å². The number of aromatic nitrogens is 4. The number of ether oxygens (including phenoxy) is 4. The van der Waals surface area contributed by atoms with Crippen molar-refractivity contribution in [3.05, 3.63) is 12.2 Å². The third-order valence-electron chi connectivity index (χ3n) is 4.04. The number of aliphatic hydroxyl groups excluding tert-OH is 1. The molecule has 2 aromatic rings. The van der Waals surface area contributed by atoms with E-state index < -0.39 is 31.0 Å². The number of nitrogens with two attached hydrogens (primary N) is 1. The van der Waals surface area contributed by atoms with Gasteiger partial charge in [-0.25, -0.2) is 15.0 Å². The standard InChI is InChI=1S/C13H15N5O5S/c1-20-13-22-8-5(2-19)21-12(9(8)23-13)18-4-15-7-10(14)16-6(3-24)17-11(7)18/h3-5,8-9,12-13,19H,2H2,1H3,(H2,14,16,17)/t5-,8-,9-,12-,13?/m1/s1. The van der Waals surface area contributed by atoms with Crippen LogP contribution in [0.3, 0.4) is 0 Å². The molecule has 2 saturated heterocycles. The van der Waals surface area contributed by atoms with E-state index in [0.29, 0.717) is 17.0 Å². The Bertz CT molecular complexity index is 785. The maximum Gasteiger partial charge on any atom is 0.272 e. The zero-order valence-electron chi connectivity index (χ0n) is 12.6. The van der Waals surface area contributed by atoms with E-state index in [9.17, 15) is 5.11 Å². The minimum absolute atomic E-state index is 0.216. The number of methoxy groups -OCH3 is 1. The minimum Gasteiger partial charge on any atom is -0.394 e. The van der Waals surface area contributed by atoms with Gasteiger partial charge in [-0.2, -0.15) is 0 Å². The number of hydrogen-bond acceptors (Lipinski definition) is 10. The van der Waals surface area contributed by atoms with Crippen LogP contribution in [0.2, 0.25) is 0 Å². The molecule has 11 heteroatoms. The molecule has 0 aliphatic carbocycles. The molecule has 4 heterocycles. The third-order valence-corrected chi connectivity index (χ3v) is 4.25. The first-order valence-corrected chi connectivity index (χ1v) is 7.68. The van der Waals surface area contributed by atoms with Gasteiger partial charge in [0.25, 0.3) is 6.48 Å². The quantitative estimate of drug-likeness (QED) is 0.685. The Hall–Kier alpha value is -1.76. The second-order valence-electron chi connectivity index (χ2n) is 5.38. The lowest BCUT2D eigenvalue weighted by Gasteiger charge is -2.19. The lowest BCUT2D eigenvalue weighted by atomic mass is 10.1. The van der Waals surface area contributed by atoms with Gasteiger partial charge >= 0.3 is 0 Å². The first kappa shape index (κ1) is 15.7. The van der Waals surface area contributed by atoms with E-state index in [-0.39, 0.29) is 12.4 Å². The second kappa shape index (κ2) is 5.95. The largest absolute Gasteiger partial charge is 0.394 e. The van der Waals surface area contributed by atoms with Gasteiger partial charge < -0.3 is 29.8 Å². The Morgan fingerprint density at radius 3 is 2.88 bits per heavy atom. The summed E-state index contributed by atoms with van der Waals surface area (Å²) >= 11 is 4.88. The zero-order valence-corrected chi connectivity index (χ0v) is 13.4. The lowest BCUT2D eigenvalue weighted by molar-refractivity contribution is -0.256. The van der Waals surface area contributed by atoms with Crippen molar-refractivity contribution >= 4 is 34.6 Å². The van der Waals surface area contributed by atoms with E-state index in [0.717, 1.165) is 0 Å². The summed E-state index contributed by atoms with van der Waals surface area (Å²) in [5.74, 6) is 0.532. The maximum atomic E-state index is 9.54. The van der Waals surface area contributed by atoms with Crippen molar-refractivity contribution in [2.45, 2.75) is 31.0 Å². The van der Waals surface area contributed by atoms with Gasteiger partial charge in [0.2, 0.25) is 0 Å². The Morgan fingerprint density at radius 2 is 2.17 bits per heavy atom. The number of hydrogen-bond donors (Lipinski definition) is 2. The molecule has 10 nitrogen and oxygen atoms in total. The summed E-state index contributed by atoms with van der Waals surface area (Å²) in [6.45, 7) is -1.03. The van der Waals surface area contributed by atoms with E-state index >= 15 is 0 Å². The highest BCUT2D eigenvalue weighted by atomic mass is 32.1. The topological polar surface area (TPSA) is 127 Å². The van der Waals surface area contributed by atoms with Crippen LogP contribution in [0.4, 0.5) is 5.82 Å². The number of nitrogen functional groups attached to an aromatic ring is 1. The van der Waals surface area contributed by atoms with Gasteiger partial charge in [0.15, 0.2) is 23.5 Å². The summed E-state index contributed by atoms with van der Waals surface area (Å²) in [5, 5.41) is 10.9. The van der Waals surface area contributed by atoms with Crippen LogP contribution >= 0.6 is 12.2 Å². The molecule has 24 heavy (non-hydrogen) atoms. The van der Waals surface area contributed by atoms with Crippen molar-refractivity contribution in [1.29, 1.82) is 0 Å². The number of thiocarbonyl (C=S) groups is 1. The van der Waals surface area contributed by atoms with Crippen molar-refractivity contribution in [3.63, 3.8) is 0 Å². The molecule has 4 rings (SSSR count). The molecule has 3 N–H and O–H groups in total. The van der Waals surface area contributed by atoms with Crippen LogP contribution in [-0.4, -0.2) is 68.5 Å². The highest BCUT2D eigenvalue weighted by Gasteiger charge is 2.53. The Labute approximate surface area is 141 Å². The maximum absolute atomic E-state index is 9.54. The molecule has 2 aliphatic rings. The molecular weight excluding hydrogens is 338 g/mol. The van der Waals surface area contributed by atoms with Gasteiger partial charge in [0, 0.05) is 12.5 Å². The molecule has 0 amide bonds. The molecule has 0 radical (unpaired) electrons. The summed E-state index contributed by atoms with van der Waals surface area (Å²) in [4.78, 5) is 12.6. The summed E-state index contributed by atoms with van der Waals surface area (Å²) < 4.78 is 23.9. The molecule has 0 spiro atoms. The van der Waals surface area contributed by atoms with Gasteiger partial charge in [0.05, 0.1) is 12.9 Å². The molecule has 5 atom stereocenters. The van der Waals surface area contributed by atoms with Crippen LogP contribution in [0.1, 0.15) is 12.1 Å². The van der Waals surface area contributed by atoms with Gasteiger partial charge in [0.1, 0.15) is 23.8 Å². The predicted octanol–water partition coefficient (Wildman–Crippen LogP) is -0.640. The van der Waals surface area contributed by atoms with Gasteiger partial charge in [-0.15, -0.1) is 0 Å². The predicted molar refractivity (Wildman–Crippen MR) is 84.0 cm³/mol. The minimum atomic E-state index is -0.813. The van der Waals surface area contributed by atoms with Crippen molar-refractivity contribution in [2.24, 2.45) is 0 Å². The number of aliphatic hydroxyl groups is 1. The van der Waals surface area contributed by atoms with E-state index in [1.807, 2.05) is 0 Å². The average Bonchev–Trinajstić information content (AvgIpc) is 3.27. The zero-order chi connectivity index (χ0) is 16.8. The SMILES string of the molecule is COC1O[C@@H]2[C@H](O1)[C@@H](CO)O[C@H]2n1cnc2c(N)nc(C=S)nc21. The number of rotatable bonds is 4. The van der Waals surface area contributed by atoms with Crippen molar-refractivity contribution in [2.75, 3.05) is 19.5 Å². The monoisotopic (exact) mass is 353 g/mol. The smallest absolute Gasteiger partial charge is 0.272 e.